The molecule has 1 aromatic carbocycles. The van der Waals surface area contributed by atoms with Crippen LogP contribution in [0.25, 0.3) is 0 Å². The maximum atomic E-state index is 11.2. The molecule has 4 heteroatoms. The second-order valence-corrected chi connectivity index (χ2v) is 6.32. The van der Waals surface area contributed by atoms with Crippen LogP contribution >= 0.6 is 15.9 Å². The number of anilines is 1. The van der Waals surface area contributed by atoms with Crippen LogP contribution in [-0.2, 0) is 0 Å². The quantitative estimate of drug-likeness (QED) is 0.854. The third-order valence-electron chi connectivity index (χ3n) is 3.52. The van der Waals surface area contributed by atoms with E-state index in [-0.39, 0.29) is 11.0 Å². The minimum atomic E-state index is -0.924. The number of rotatable bonds is 5. The van der Waals surface area contributed by atoms with Gasteiger partial charge in [-0.25, -0.2) is 4.79 Å². The molecule has 100 valence electrons. The average molecular weight is 314 g/mol. The summed E-state index contributed by atoms with van der Waals surface area (Å²) in [5.41, 5.74) is 1.06. The molecule has 1 aromatic rings. The van der Waals surface area contributed by atoms with Crippen LogP contribution in [0.2, 0.25) is 0 Å². The van der Waals surface area contributed by atoms with Crippen LogP contribution in [0.5, 0.6) is 0 Å². The maximum absolute atomic E-state index is 11.2. The van der Waals surface area contributed by atoms with Gasteiger partial charge >= 0.3 is 5.97 Å². The third-order valence-corrected chi connectivity index (χ3v) is 4.19. The molecule has 0 bridgehead atoms. The summed E-state index contributed by atoms with van der Waals surface area (Å²) in [4.78, 5) is 11.2. The van der Waals surface area contributed by atoms with Gasteiger partial charge in [0.05, 0.1) is 5.56 Å². The number of halogens is 1. The second kappa shape index (κ2) is 5.74. The van der Waals surface area contributed by atoms with Crippen molar-refractivity contribution in [2.24, 2.45) is 11.3 Å². The first kappa shape index (κ1) is 15.0. The number of hydrogen-bond acceptors (Lipinski definition) is 2. The Balaban J connectivity index is 2.92. The van der Waals surface area contributed by atoms with Crippen molar-refractivity contribution in [1.82, 2.24) is 0 Å². The highest BCUT2D eigenvalue weighted by atomic mass is 79.9. The summed E-state index contributed by atoms with van der Waals surface area (Å²) in [6, 6.07) is 5.37. The molecule has 0 aliphatic heterocycles. The summed E-state index contributed by atoms with van der Waals surface area (Å²) >= 11 is 3.28. The van der Waals surface area contributed by atoms with Gasteiger partial charge in [-0.05, 0) is 39.4 Å². The molecule has 2 N–H and O–H groups in total. The molecular formula is C14H20BrNO2. The Bertz CT molecular complexity index is 441. The van der Waals surface area contributed by atoms with Crippen molar-refractivity contribution in [3.63, 3.8) is 0 Å². The molecule has 0 saturated heterocycles. The second-order valence-electron chi connectivity index (χ2n) is 5.46. The average Bonchev–Trinajstić information content (AvgIpc) is 2.25. The van der Waals surface area contributed by atoms with E-state index in [1.165, 1.54) is 0 Å². The number of aromatic carboxylic acids is 1. The highest BCUT2D eigenvalue weighted by molar-refractivity contribution is 9.10. The summed E-state index contributed by atoms with van der Waals surface area (Å²) in [5.74, 6) is -0.405. The van der Waals surface area contributed by atoms with Crippen LogP contribution in [0.1, 0.15) is 38.1 Å². The standard InChI is InChI=1S/C14H20BrNO2/c1-9(2)14(3,4)8-16-11-7-5-6-10(15)12(11)13(17)18/h5-7,9,16H,8H2,1-4H3,(H,17,18). The monoisotopic (exact) mass is 313 g/mol. The summed E-state index contributed by atoms with van der Waals surface area (Å²) in [6.07, 6.45) is 0. The molecule has 0 saturated carbocycles. The molecule has 0 heterocycles. The normalized spacial score (nSPS) is 11.7. The first-order valence-corrected chi connectivity index (χ1v) is 6.80. The highest BCUT2D eigenvalue weighted by Crippen LogP contribution is 2.29. The van der Waals surface area contributed by atoms with Crippen molar-refractivity contribution in [2.75, 3.05) is 11.9 Å². The van der Waals surface area contributed by atoms with E-state index in [9.17, 15) is 9.90 Å². The molecule has 0 aromatic heterocycles. The van der Waals surface area contributed by atoms with Gasteiger partial charge in [0.15, 0.2) is 0 Å². The number of carboxylic acids is 1. The SMILES string of the molecule is CC(C)C(C)(C)CNc1cccc(Br)c1C(=O)O. The molecule has 0 aliphatic rings. The van der Waals surface area contributed by atoms with Crippen LogP contribution in [0, 0.1) is 11.3 Å². The topological polar surface area (TPSA) is 49.3 Å². The van der Waals surface area contributed by atoms with Crippen LogP contribution < -0.4 is 5.32 Å². The van der Waals surface area contributed by atoms with E-state index < -0.39 is 5.97 Å². The molecule has 1 rings (SSSR count). The Hall–Kier alpha value is -1.03. The molecule has 0 unspecified atom stereocenters. The smallest absolute Gasteiger partial charge is 0.338 e. The fourth-order valence-electron chi connectivity index (χ4n) is 1.42. The first-order chi connectivity index (χ1) is 8.25. The van der Waals surface area contributed by atoms with Crippen molar-refractivity contribution >= 4 is 27.6 Å². The molecule has 3 nitrogen and oxygen atoms in total. The number of hydrogen-bond donors (Lipinski definition) is 2. The van der Waals surface area contributed by atoms with Crippen molar-refractivity contribution in [2.45, 2.75) is 27.7 Å². The molecule has 0 amide bonds. The molecule has 0 spiro atoms. The molecule has 0 aliphatic carbocycles. The van der Waals surface area contributed by atoms with Gasteiger partial charge in [-0.1, -0.05) is 33.8 Å². The van der Waals surface area contributed by atoms with Gasteiger partial charge in [0, 0.05) is 16.7 Å². The number of nitrogens with one attached hydrogen (secondary N) is 1. The van der Waals surface area contributed by atoms with Gasteiger partial charge in [0.25, 0.3) is 0 Å². The lowest BCUT2D eigenvalue weighted by Gasteiger charge is -2.30. The maximum Gasteiger partial charge on any atom is 0.338 e. The summed E-state index contributed by atoms with van der Waals surface area (Å²) < 4.78 is 0.599. The molecular weight excluding hydrogens is 294 g/mol. The van der Waals surface area contributed by atoms with Gasteiger partial charge in [-0.2, -0.15) is 0 Å². The lowest BCUT2D eigenvalue weighted by atomic mass is 9.81. The summed E-state index contributed by atoms with van der Waals surface area (Å²) in [7, 11) is 0. The highest BCUT2D eigenvalue weighted by Gasteiger charge is 2.23. The largest absolute Gasteiger partial charge is 0.478 e. The molecule has 0 radical (unpaired) electrons. The number of benzene rings is 1. The van der Waals surface area contributed by atoms with Crippen LogP contribution in [0.3, 0.4) is 0 Å². The van der Waals surface area contributed by atoms with E-state index in [4.69, 9.17) is 0 Å². The van der Waals surface area contributed by atoms with E-state index in [1.54, 1.807) is 12.1 Å². The predicted octanol–water partition coefficient (Wildman–Crippen LogP) is 4.24. The van der Waals surface area contributed by atoms with Crippen LogP contribution in [0.4, 0.5) is 5.69 Å². The van der Waals surface area contributed by atoms with Gasteiger partial charge in [0.2, 0.25) is 0 Å². The molecule has 0 fully saturated rings. The fraction of sp³-hybridized carbons (Fsp3) is 0.500. The Morgan fingerprint density at radius 2 is 2.06 bits per heavy atom. The van der Waals surface area contributed by atoms with Crippen molar-refractivity contribution < 1.29 is 9.90 Å². The molecule has 18 heavy (non-hydrogen) atoms. The van der Waals surface area contributed by atoms with Crippen LogP contribution in [-0.4, -0.2) is 17.6 Å². The van der Waals surface area contributed by atoms with Gasteiger partial charge < -0.3 is 10.4 Å². The first-order valence-electron chi connectivity index (χ1n) is 6.01. The zero-order chi connectivity index (χ0) is 13.9. The summed E-state index contributed by atoms with van der Waals surface area (Å²) in [5, 5.41) is 12.5. The van der Waals surface area contributed by atoms with E-state index in [0.717, 1.165) is 6.54 Å². The minimum absolute atomic E-state index is 0.109. The van der Waals surface area contributed by atoms with E-state index in [0.29, 0.717) is 16.1 Å². The minimum Gasteiger partial charge on any atom is -0.478 e. The van der Waals surface area contributed by atoms with Crippen LogP contribution in [0.15, 0.2) is 22.7 Å². The van der Waals surface area contributed by atoms with Crippen molar-refractivity contribution in [1.29, 1.82) is 0 Å². The Labute approximate surface area is 117 Å². The van der Waals surface area contributed by atoms with Crippen molar-refractivity contribution in [3.8, 4) is 0 Å². The molecule has 0 atom stereocenters. The van der Waals surface area contributed by atoms with Gasteiger partial charge in [-0.3, -0.25) is 0 Å². The zero-order valence-electron chi connectivity index (χ0n) is 11.2. The third kappa shape index (κ3) is 3.48. The van der Waals surface area contributed by atoms with E-state index in [1.807, 2.05) is 6.07 Å². The Kier molecular flexibility index (Phi) is 4.79. The summed E-state index contributed by atoms with van der Waals surface area (Å²) in [6.45, 7) is 9.41. The number of carboxylic acid groups (broad SMARTS) is 1. The van der Waals surface area contributed by atoms with Crippen molar-refractivity contribution in [3.05, 3.63) is 28.2 Å². The lowest BCUT2D eigenvalue weighted by molar-refractivity contribution is 0.0697. The Morgan fingerprint density at radius 1 is 1.44 bits per heavy atom. The number of carbonyl (C=O) groups is 1. The predicted molar refractivity (Wildman–Crippen MR) is 78.2 cm³/mol. The lowest BCUT2D eigenvalue weighted by Crippen LogP contribution is -2.29. The van der Waals surface area contributed by atoms with Gasteiger partial charge in [0.1, 0.15) is 0 Å². The Morgan fingerprint density at radius 3 is 2.56 bits per heavy atom. The van der Waals surface area contributed by atoms with E-state index in [2.05, 4.69) is 48.9 Å². The zero-order valence-corrected chi connectivity index (χ0v) is 12.8. The van der Waals surface area contributed by atoms with E-state index >= 15 is 0 Å². The fourth-order valence-corrected chi connectivity index (χ4v) is 1.95. The van der Waals surface area contributed by atoms with Gasteiger partial charge in [-0.15, -0.1) is 0 Å².